The number of amides is 2. The van der Waals surface area contributed by atoms with Crippen LogP contribution in [0.1, 0.15) is 12.8 Å². The van der Waals surface area contributed by atoms with Gasteiger partial charge in [-0.2, -0.15) is 0 Å². The molecule has 1 aromatic rings. The number of carbonyl (C=O) groups excluding carboxylic acids is 1. The summed E-state index contributed by atoms with van der Waals surface area (Å²) in [7, 11) is 0. The smallest absolute Gasteiger partial charge is 0.319 e. The third-order valence-corrected chi connectivity index (χ3v) is 3.43. The Balaban J connectivity index is 1.80. The molecule has 1 atom stereocenters. The SMILES string of the molecule is O=C(NC[C@H]1CCCO1)Nc1ccc(Cl)c(Cl)c1. The lowest BCUT2D eigenvalue weighted by Gasteiger charge is -2.12. The standard InChI is InChI=1S/C12H14Cl2N2O2/c13-10-4-3-8(6-11(10)14)16-12(17)15-7-9-2-1-5-18-9/h3-4,6,9H,1-2,5,7H2,(H2,15,16,17)/t9-/m1/s1. The number of hydrogen-bond acceptors (Lipinski definition) is 2. The lowest BCUT2D eigenvalue weighted by molar-refractivity contribution is 0.112. The highest BCUT2D eigenvalue weighted by Gasteiger charge is 2.16. The van der Waals surface area contributed by atoms with Crippen LogP contribution in [0.3, 0.4) is 0 Å². The summed E-state index contributed by atoms with van der Waals surface area (Å²) in [6.07, 6.45) is 2.18. The lowest BCUT2D eigenvalue weighted by Crippen LogP contribution is -2.35. The van der Waals surface area contributed by atoms with Crippen LogP contribution in [-0.2, 0) is 4.74 Å². The maximum atomic E-state index is 11.6. The Hall–Kier alpha value is -0.970. The van der Waals surface area contributed by atoms with Gasteiger partial charge in [-0.25, -0.2) is 4.79 Å². The van der Waals surface area contributed by atoms with Crippen molar-refractivity contribution >= 4 is 34.9 Å². The fraction of sp³-hybridized carbons (Fsp3) is 0.417. The number of nitrogens with one attached hydrogen (secondary N) is 2. The molecule has 18 heavy (non-hydrogen) atoms. The third-order valence-electron chi connectivity index (χ3n) is 2.69. The molecule has 98 valence electrons. The lowest BCUT2D eigenvalue weighted by atomic mass is 10.2. The summed E-state index contributed by atoms with van der Waals surface area (Å²) in [6, 6.07) is 4.67. The van der Waals surface area contributed by atoms with Crippen molar-refractivity contribution in [2.45, 2.75) is 18.9 Å². The van der Waals surface area contributed by atoms with E-state index < -0.39 is 0 Å². The molecular weight excluding hydrogens is 275 g/mol. The molecule has 6 heteroatoms. The molecule has 2 amide bonds. The van der Waals surface area contributed by atoms with E-state index in [-0.39, 0.29) is 12.1 Å². The second-order valence-electron chi connectivity index (χ2n) is 4.10. The average Bonchev–Trinajstić information content (AvgIpc) is 2.84. The summed E-state index contributed by atoms with van der Waals surface area (Å²) in [5.74, 6) is 0. The van der Waals surface area contributed by atoms with E-state index in [1.807, 2.05) is 0 Å². The minimum atomic E-state index is -0.274. The summed E-state index contributed by atoms with van der Waals surface area (Å²) in [6.45, 7) is 1.30. The second-order valence-corrected chi connectivity index (χ2v) is 4.91. The van der Waals surface area contributed by atoms with Crippen molar-refractivity contribution in [2.75, 3.05) is 18.5 Å². The van der Waals surface area contributed by atoms with Crippen LogP contribution in [0, 0.1) is 0 Å². The molecule has 1 saturated heterocycles. The van der Waals surface area contributed by atoms with E-state index in [2.05, 4.69) is 10.6 Å². The van der Waals surface area contributed by atoms with Gasteiger partial charge in [0.15, 0.2) is 0 Å². The highest BCUT2D eigenvalue weighted by Crippen LogP contribution is 2.24. The molecule has 1 aliphatic heterocycles. The number of urea groups is 1. The molecule has 0 unspecified atom stereocenters. The molecule has 2 N–H and O–H groups in total. The number of carbonyl (C=O) groups is 1. The minimum Gasteiger partial charge on any atom is -0.376 e. The molecule has 1 aliphatic rings. The Morgan fingerprint density at radius 1 is 1.39 bits per heavy atom. The van der Waals surface area contributed by atoms with Gasteiger partial charge < -0.3 is 15.4 Å². The van der Waals surface area contributed by atoms with Crippen molar-refractivity contribution in [2.24, 2.45) is 0 Å². The molecule has 2 rings (SSSR count). The predicted octanol–water partition coefficient (Wildman–Crippen LogP) is 3.29. The maximum absolute atomic E-state index is 11.6. The Bertz CT molecular complexity index is 434. The topological polar surface area (TPSA) is 50.4 Å². The zero-order valence-electron chi connectivity index (χ0n) is 9.71. The second kappa shape index (κ2) is 6.27. The summed E-state index contributed by atoms with van der Waals surface area (Å²) in [5.41, 5.74) is 0.606. The van der Waals surface area contributed by atoms with Crippen LogP contribution in [0.25, 0.3) is 0 Å². The van der Waals surface area contributed by atoms with Crippen molar-refractivity contribution in [3.8, 4) is 0 Å². The number of halogens is 2. The van der Waals surface area contributed by atoms with Crippen LogP contribution in [0.4, 0.5) is 10.5 Å². The first-order valence-electron chi connectivity index (χ1n) is 5.76. The van der Waals surface area contributed by atoms with E-state index in [9.17, 15) is 4.79 Å². The minimum absolute atomic E-state index is 0.129. The zero-order valence-corrected chi connectivity index (χ0v) is 11.2. The fourth-order valence-corrected chi connectivity index (χ4v) is 2.06. The predicted molar refractivity (Wildman–Crippen MR) is 72.5 cm³/mol. The number of hydrogen-bond donors (Lipinski definition) is 2. The van der Waals surface area contributed by atoms with Gasteiger partial charge >= 0.3 is 6.03 Å². The summed E-state index contributed by atoms with van der Waals surface area (Å²) >= 11 is 11.6. The van der Waals surface area contributed by atoms with E-state index in [0.717, 1.165) is 19.4 Å². The first kappa shape index (κ1) is 13.5. The Kier molecular flexibility index (Phi) is 4.69. The van der Waals surface area contributed by atoms with Crippen molar-refractivity contribution in [1.82, 2.24) is 5.32 Å². The van der Waals surface area contributed by atoms with E-state index in [0.29, 0.717) is 22.3 Å². The molecule has 0 saturated carbocycles. The molecule has 1 heterocycles. The molecule has 1 aromatic carbocycles. The quantitative estimate of drug-likeness (QED) is 0.897. The van der Waals surface area contributed by atoms with Gasteiger partial charge in [-0.3, -0.25) is 0 Å². The number of benzene rings is 1. The van der Waals surface area contributed by atoms with Crippen molar-refractivity contribution < 1.29 is 9.53 Å². The summed E-state index contributed by atoms with van der Waals surface area (Å²) < 4.78 is 5.41. The van der Waals surface area contributed by atoms with Crippen LogP contribution in [-0.4, -0.2) is 25.3 Å². The summed E-state index contributed by atoms with van der Waals surface area (Å²) in [4.78, 5) is 11.6. The molecule has 4 nitrogen and oxygen atoms in total. The van der Waals surface area contributed by atoms with E-state index in [1.54, 1.807) is 18.2 Å². The molecule has 0 aromatic heterocycles. The van der Waals surface area contributed by atoms with Crippen LogP contribution < -0.4 is 10.6 Å². The van der Waals surface area contributed by atoms with Gasteiger partial charge in [0.2, 0.25) is 0 Å². The highest BCUT2D eigenvalue weighted by atomic mass is 35.5. The highest BCUT2D eigenvalue weighted by molar-refractivity contribution is 6.42. The summed E-state index contributed by atoms with van der Waals surface area (Å²) in [5, 5.41) is 6.31. The molecule has 0 spiro atoms. The fourth-order valence-electron chi connectivity index (χ4n) is 1.76. The van der Waals surface area contributed by atoms with Crippen molar-refractivity contribution in [1.29, 1.82) is 0 Å². The largest absolute Gasteiger partial charge is 0.376 e. The molecule has 0 radical (unpaired) electrons. The molecule has 0 bridgehead atoms. The van der Waals surface area contributed by atoms with Gasteiger partial charge in [-0.1, -0.05) is 23.2 Å². The average molecular weight is 289 g/mol. The maximum Gasteiger partial charge on any atom is 0.319 e. The van der Waals surface area contributed by atoms with E-state index >= 15 is 0 Å². The van der Waals surface area contributed by atoms with Gasteiger partial charge in [-0.15, -0.1) is 0 Å². The molecule has 0 aliphatic carbocycles. The van der Waals surface area contributed by atoms with Gasteiger partial charge in [0, 0.05) is 18.8 Å². The first-order valence-corrected chi connectivity index (χ1v) is 6.52. The Morgan fingerprint density at radius 2 is 2.22 bits per heavy atom. The number of anilines is 1. The van der Waals surface area contributed by atoms with Gasteiger partial charge in [0.1, 0.15) is 0 Å². The van der Waals surface area contributed by atoms with Crippen LogP contribution in [0.15, 0.2) is 18.2 Å². The molecule has 1 fully saturated rings. The van der Waals surface area contributed by atoms with Crippen molar-refractivity contribution in [3.05, 3.63) is 28.2 Å². The van der Waals surface area contributed by atoms with Gasteiger partial charge in [-0.05, 0) is 31.0 Å². The molecular formula is C12H14Cl2N2O2. The van der Waals surface area contributed by atoms with Gasteiger partial charge in [0.05, 0.1) is 16.1 Å². The van der Waals surface area contributed by atoms with Crippen LogP contribution >= 0.6 is 23.2 Å². The monoisotopic (exact) mass is 288 g/mol. The zero-order chi connectivity index (χ0) is 13.0. The Labute approximate surface area is 116 Å². The van der Waals surface area contributed by atoms with E-state index in [1.165, 1.54) is 0 Å². The number of rotatable bonds is 3. The van der Waals surface area contributed by atoms with Crippen LogP contribution in [0.5, 0.6) is 0 Å². The first-order chi connectivity index (χ1) is 8.65. The normalized spacial score (nSPS) is 18.7. The van der Waals surface area contributed by atoms with Gasteiger partial charge in [0.25, 0.3) is 0 Å². The van der Waals surface area contributed by atoms with Crippen molar-refractivity contribution in [3.63, 3.8) is 0 Å². The third kappa shape index (κ3) is 3.77. The number of ether oxygens (including phenoxy) is 1. The van der Waals surface area contributed by atoms with E-state index in [4.69, 9.17) is 27.9 Å². The van der Waals surface area contributed by atoms with Crippen LogP contribution in [0.2, 0.25) is 10.0 Å². The Morgan fingerprint density at radius 3 is 2.89 bits per heavy atom.